The molecule has 134 valence electrons. The van der Waals surface area contributed by atoms with Crippen molar-refractivity contribution in [2.45, 2.75) is 25.8 Å². The molecule has 0 saturated heterocycles. The fourth-order valence-electron chi connectivity index (χ4n) is 3.38. The average Bonchev–Trinajstić information content (AvgIpc) is 2.63. The number of halogens is 1. The summed E-state index contributed by atoms with van der Waals surface area (Å²) in [7, 11) is -2.67. The molecule has 0 fully saturated rings. The van der Waals surface area contributed by atoms with Crippen LogP contribution in [0.4, 0.5) is 0 Å². The Morgan fingerprint density at radius 3 is 1.73 bits per heavy atom. The highest BCUT2D eigenvalue weighted by molar-refractivity contribution is 7.00. The largest absolute Gasteiger partial charge is 0.534 e. The Bertz CT molecular complexity index is 834. The van der Waals surface area contributed by atoms with Crippen LogP contribution in [0.1, 0.15) is 20.8 Å². The third kappa shape index (κ3) is 3.37. The number of hydrogen-bond donors (Lipinski definition) is 1. The van der Waals surface area contributed by atoms with Gasteiger partial charge in [-0.25, -0.2) is 0 Å². The van der Waals surface area contributed by atoms with Crippen molar-refractivity contribution in [3.8, 4) is 11.5 Å². The molecule has 0 aromatic heterocycles. The maximum Gasteiger partial charge on any atom is 0.319 e. The van der Waals surface area contributed by atoms with Gasteiger partial charge in [0.25, 0.3) is 0 Å². The van der Waals surface area contributed by atoms with Gasteiger partial charge in [0.1, 0.15) is 11.5 Å². The first kappa shape index (κ1) is 18.6. The zero-order valence-corrected chi connectivity index (χ0v) is 17.0. The van der Waals surface area contributed by atoms with E-state index in [1.807, 2.05) is 12.1 Å². The second-order valence-corrected chi connectivity index (χ2v) is 12.0. The Hall–Kier alpha value is -2.23. The highest BCUT2D eigenvalue weighted by Crippen LogP contribution is 2.38. The Kier molecular flexibility index (Phi) is 5.12. The Morgan fingerprint density at radius 2 is 1.31 bits per heavy atom. The minimum Gasteiger partial charge on any atom is -0.534 e. The van der Waals surface area contributed by atoms with Gasteiger partial charge in [-0.15, -0.1) is 0 Å². The van der Waals surface area contributed by atoms with Gasteiger partial charge < -0.3 is 9.53 Å². The SMILES string of the molecule is CC(C)(C)[Si](Oc1ccc(O)c(Cl)c1)(c1ccccc1)c1ccccc1. The van der Waals surface area contributed by atoms with Crippen molar-refractivity contribution in [2.24, 2.45) is 0 Å². The summed E-state index contributed by atoms with van der Waals surface area (Å²) in [5.41, 5.74) is 0. The van der Waals surface area contributed by atoms with Crippen molar-refractivity contribution in [2.75, 3.05) is 0 Å². The van der Waals surface area contributed by atoms with Crippen LogP contribution in [0.5, 0.6) is 11.5 Å². The van der Waals surface area contributed by atoms with Crippen LogP contribution in [0.3, 0.4) is 0 Å². The van der Waals surface area contributed by atoms with E-state index < -0.39 is 8.32 Å². The van der Waals surface area contributed by atoms with E-state index in [0.717, 1.165) is 0 Å². The highest BCUT2D eigenvalue weighted by Gasteiger charge is 2.52. The zero-order chi connectivity index (χ0) is 18.8. The van der Waals surface area contributed by atoms with E-state index in [2.05, 4.69) is 69.3 Å². The summed E-state index contributed by atoms with van der Waals surface area (Å²) in [5, 5.41) is 12.3. The van der Waals surface area contributed by atoms with E-state index in [1.165, 1.54) is 10.4 Å². The molecule has 0 saturated carbocycles. The quantitative estimate of drug-likeness (QED) is 0.644. The lowest BCUT2D eigenvalue weighted by atomic mass is 10.2. The van der Waals surface area contributed by atoms with Gasteiger partial charge in [-0.3, -0.25) is 0 Å². The van der Waals surface area contributed by atoms with E-state index in [1.54, 1.807) is 18.2 Å². The van der Waals surface area contributed by atoms with Gasteiger partial charge in [-0.1, -0.05) is 93.0 Å². The number of hydrogen-bond acceptors (Lipinski definition) is 2. The third-order valence-corrected chi connectivity index (χ3v) is 9.86. The van der Waals surface area contributed by atoms with Crippen LogP contribution in [0.15, 0.2) is 78.9 Å². The van der Waals surface area contributed by atoms with Crippen LogP contribution >= 0.6 is 11.6 Å². The lowest BCUT2D eigenvalue weighted by Gasteiger charge is -2.43. The molecule has 0 amide bonds. The maximum absolute atomic E-state index is 9.76. The molecule has 0 radical (unpaired) electrons. The molecule has 1 N–H and O–H groups in total. The smallest absolute Gasteiger partial charge is 0.319 e. The van der Waals surface area contributed by atoms with Crippen molar-refractivity contribution >= 4 is 30.3 Å². The lowest BCUT2D eigenvalue weighted by Crippen LogP contribution is -2.68. The second kappa shape index (κ2) is 7.18. The first-order valence-electron chi connectivity index (χ1n) is 8.63. The molecule has 0 bridgehead atoms. The molecule has 0 spiro atoms. The molecular weight excluding hydrogens is 360 g/mol. The summed E-state index contributed by atoms with van der Waals surface area (Å²) in [6, 6.07) is 25.9. The van der Waals surface area contributed by atoms with Crippen molar-refractivity contribution in [3.05, 3.63) is 83.9 Å². The summed E-state index contributed by atoms with van der Waals surface area (Å²) in [4.78, 5) is 0. The molecule has 4 heteroatoms. The molecule has 0 aliphatic heterocycles. The molecule has 0 atom stereocenters. The average molecular weight is 383 g/mol. The standard InChI is InChI=1S/C22H23ClO2Si/c1-22(2,3)26(18-10-6-4-7-11-18,19-12-8-5-9-13-19)25-17-14-15-21(24)20(23)16-17/h4-16,24H,1-3H3. The molecule has 26 heavy (non-hydrogen) atoms. The monoisotopic (exact) mass is 382 g/mol. The maximum atomic E-state index is 9.76. The number of benzene rings is 3. The van der Waals surface area contributed by atoms with Crippen LogP contribution in [0, 0.1) is 0 Å². The molecule has 2 nitrogen and oxygen atoms in total. The number of rotatable bonds is 4. The van der Waals surface area contributed by atoms with E-state index >= 15 is 0 Å². The summed E-state index contributed by atoms with van der Waals surface area (Å²) < 4.78 is 6.82. The first-order chi connectivity index (χ1) is 12.3. The minimum atomic E-state index is -2.67. The molecule has 0 unspecified atom stereocenters. The van der Waals surface area contributed by atoms with E-state index in [-0.39, 0.29) is 10.8 Å². The van der Waals surface area contributed by atoms with Crippen LogP contribution < -0.4 is 14.8 Å². The predicted octanol–water partition coefficient (Wildman–Crippen LogP) is 4.98. The van der Waals surface area contributed by atoms with Crippen molar-refractivity contribution in [1.29, 1.82) is 0 Å². The zero-order valence-electron chi connectivity index (χ0n) is 15.2. The molecular formula is C22H23ClO2Si. The van der Waals surface area contributed by atoms with Gasteiger partial charge >= 0.3 is 8.32 Å². The van der Waals surface area contributed by atoms with Gasteiger partial charge in [0.05, 0.1) is 5.02 Å². The van der Waals surface area contributed by atoms with Crippen molar-refractivity contribution in [1.82, 2.24) is 0 Å². The van der Waals surface area contributed by atoms with E-state index in [4.69, 9.17) is 16.0 Å². The van der Waals surface area contributed by atoms with Crippen molar-refractivity contribution in [3.63, 3.8) is 0 Å². The summed E-state index contributed by atoms with van der Waals surface area (Å²) in [6.07, 6.45) is 0. The Morgan fingerprint density at radius 1 is 0.808 bits per heavy atom. The molecule has 0 heterocycles. The van der Waals surface area contributed by atoms with Gasteiger partial charge in [0.2, 0.25) is 0 Å². The van der Waals surface area contributed by atoms with Gasteiger partial charge in [-0.2, -0.15) is 0 Å². The lowest BCUT2D eigenvalue weighted by molar-refractivity contribution is 0.471. The van der Waals surface area contributed by atoms with Crippen LogP contribution in [-0.2, 0) is 0 Å². The predicted molar refractivity (Wildman–Crippen MR) is 111 cm³/mol. The number of phenols is 1. The Labute approximate surface area is 161 Å². The summed E-state index contributed by atoms with van der Waals surface area (Å²) in [6.45, 7) is 6.67. The third-order valence-electron chi connectivity index (χ3n) is 4.61. The molecule has 3 rings (SSSR count). The van der Waals surface area contributed by atoms with E-state index in [9.17, 15) is 5.11 Å². The van der Waals surface area contributed by atoms with Gasteiger partial charge in [0, 0.05) is 6.07 Å². The highest BCUT2D eigenvalue weighted by atomic mass is 35.5. The summed E-state index contributed by atoms with van der Waals surface area (Å²) >= 11 is 6.13. The van der Waals surface area contributed by atoms with Crippen molar-refractivity contribution < 1.29 is 9.53 Å². The number of phenolic OH excluding ortho intramolecular Hbond substituents is 1. The second-order valence-electron chi connectivity index (χ2n) is 7.38. The van der Waals surface area contributed by atoms with Crippen LogP contribution in [0.25, 0.3) is 0 Å². The van der Waals surface area contributed by atoms with Crippen LogP contribution in [-0.4, -0.2) is 13.4 Å². The fourth-order valence-corrected chi connectivity index (χ4v) is 7.96. The molecule has 0 aliphatic rings. The molecule has 3 aromatic rings. The first-order valence-corrected chi connectivity index (χ1v) is 10.9. The molecule has 0 aliphatic carbocycles. The summed E-state index contributed by atoms with van der Waals surface area (Å²) in [5.74, 6) is 0.726. The van der Waals surface area contributed by atoms with E-state index in [0.29, 0.717) is 10.8 Å². The van der Waals surface area contributed by atoms with Gasteiger partial charge in [-0.05, 0) is 27.5 Å². The fraction of sp³-hybridized carbons (Fsp3) is 0.182. The number of aromatic hydroxyl groups is 1. The minimum absolute atomic E-state index is 0.0569. The normalized spacial score (nSPS) is 12.0. The Balaban J connectivity index is 2.25. The van der Waals surface area contributed by atoms with Crippen LogP contribution in [0.2, 0.25) is 10.1 Å². The topological polar surface area (TPSA) is 29.5 Å². The van der Waals surface area contributed by atoms with Gasteiger partial charge in [0.15, 0.2) is 0 Å². The molecule has 3 aromatic carbocycles.